The molecule has 0 aromatic carbocycles. The van der Waals surface area contributed by atoms with Crippen LogP contribution in [0.2, 0.25) is 0 Å². The van der Waals surface area contributed by atoms with Crippen LogP contribution in [-0.4, -0.2) is 23.2 Å². The predicted octanol–water partition coefficient (Wildman–Crippen LogP) is 1.93. The lowest BCUT2D eigenvalue weighted by Gasteiger charge is -2.15. The minimum atomic E-state index is 0.166. The number of carbonyl (C=O) groups excluding carboxylic acids is 1. The Balaban J connectivity index is 2.20. The number of carbonyl (C=O) groups is 1. The van der Waals surface area contributed by atoms with Crippen molar-refractivity contribution in [2.24, 2.45) is 5.92 Å². The molecule has 0 radical (unpaired) electrons. The van der Waals surface area contributed by atoms with Crippen LogP contribution in [0.15, 0.2) is 18.2 Å². The average Bonchev–Trinajstić information content (AvgIpc) is 2.71. The summed E-state index contributed by atoms with van der Waals surface area (Å²) in [7, 11) is 0. The van der Waals surface area contributed by atoms with Crippen LogP contribution in [0.1, 0.15) is 19.0 Å². The fraction of sp³-hybridized carbons (Fsp3) is 0.500. The fourth-order valence-electron chi connectivity index (χ4n) is 1.94. The molecule has 0 aliphatic carbocycles. The molecule has 1 aromatic heterocycles. The summed E-state index contributed by atoms with van der Waals surface area (Å²) in [4.78, 5) is 18.0. The van der Waals surface area contributed by atoms with Gasteiger partial charge in [-0.25, -0.2) is 4.98 Å². The van der Waals surface area contributed by atoms with Crippen molar-refractivity contribution < 1.29 is 4.79 Å². The number of aryl methyl sites for hydroxylation is 1. The van der Waals surface area contributed by atoms with Crippen LogP contribution in [-0.2, 0) is 11.2 Å². The first-order valence-electron chi connectivity index (χ1n) is 5.61. The molecule has 2 heterocycles. The van der Waals surface area contributed by atoms with Crippen LogP contribution < -0.4 is 4.90 Å². The molecule has 16 heavy (non-hydrogen) atoms. The number of aromatic nitrogens is 1. The Labute approximate surface area is 101 Å². The Bertz CT molecular complexity index is 394. The number of hydrogen-bond acceptors (Lipinski definition) is 3. The van der Waals surface area contributed by atoms with Gasteiger partial charge in [-0.15, -0.1) is 0 Å². The van der Waals surface area contributed by atoms with Gasteiger partial charge in [0.2, 0.25) is 5.91 Å². The third-order valence-corrected chi connectivity index (χ3v) is 3.41. The number of pyridine rings is 1. The number of thiol groups is 1. The van der Waals surface area contributed by atoms with E-state index >= 15 is 0 Å². The van der Waals surface area contributed by atoms with Gasteiger partial charge in [0.25, 0.3) is 0 Å². The molecule has 1 unspecified atom stereocenters. The third kappa shape index (κ3) is 2.21. The summed E-state index contributed by atoms with van der Waals surface area (Å²) in [6.07, 6.45) is 1.49. The SMILES string of the molecule is CCc1cccc(N2CC(CS)CC2=O)n1. The maximum absolute atomic E-state index is 11.8. The molecule has 1 aliphatic rings. The second-order valence-electron chi connectivity index (χ2n) is 4.10. The molecule has 1 amide bonds. The number of hydrogen-bond donors (Lipinski definition) is 1. The normalized spacial score (nSPS) is 20.5. The van der Waals surface area contributed by atoms with Crippen LogP contribution in [0.5, 0.6) is 0 Å². The van der Waals surface area contributed by atoms with E-state index < -0.39 is 0 Å². The molecule has 0 bridgehead atoms. The molecule has 1 saturated heterocycles. The van der Waals surface area contributed by atoms with Gasteiger partial charge in [-0.1, -0.05) is 13.0 Å². The van der Waals surface area contributed by atoms with E-state index in [0.717, 1.165) is 30.2 Å². The molecular weight excluding hydrogens is 220 g/mol. The first kappa shape index (κ1) is 11.5. The Kier molecular flexibility index (Phi) is 3.49. The highest BCUT2D eigenvalue weighted by Crippen LogP contribution is 2.24. The van der Waals surface area contributed by atoms with Crippen LogP contribution in [0, 0.1) is 5.92 Å². The summed E-state index contributed by atoms with van der Waals surface area (Å²) in [6.45, 7) is 2.82. The lowest BCUT2D eigenvalue weighted by Crippen LogP contribution is -2.25. The van der Waals surface area contributed by atoms with Crippen LogP contribution >= 0.6 is 12.6 Å². The zero-order chi connectivity index (χ0) is 11.5. The summed E-state index contributed by atoms with van der Waals surface area (Å²) >= 11 is 4.25. The van der Waals surface area contributed by atoms with Gasteiger partial charge in [-0.2, -0.15) is 12.6 Å². The van der Waals surface area contributed by atoms with Crippen molar-refractivity contribution in [3.8, 4) is 0 Å². The quantitative estimate of drug-likeness (QED) is 0.813. The van der Waals surface area contributed by atoms with Crippen molar-refractivity contribution in [1.82, 2.24) is 4.98 Å². The van der Waals surface area contributed by atoms with Crippen LogP contribution in [0.4, 0.5) is 5.82 Å². The lowest BCUT2D eigenvalue weighted by atomic mass is 10.1. The lowest BCUT2D eigenvalue weighted by molar-refractivity contribution is -0.117. The van der Waals surface area contributed by atoms with Crippen molar-refractivity contribution in [3.05, 3.63) is 23.9 Å². The van der Waals surface area contributed by atoms with Gasteiger partial charge in [0.05, 0.1) is 0 Å². The van der Waals surface area contributed by atoms with Gasteiger partial charge in [-0.3, -0.25) is 9.69 Å². The van der Waals surface area contributed by atoms with Gasteiger partial charge in [0.15, 0.2) is 0 Å². The van der Waals surface area contributed by atoms with E-state index in [9.17, 15) is 4.79 Å². The zero-order valence-electron chi connectivity index (χ0n) is 9.39. The summed E-state index contributed by atoms with van der Waals surface area (Å²) in [5.41, 5.74) is 1.03. The monoisotopic (exact) mass is 236 g/mol. The van der Waals surface area contributed by atoms with Gasteiger partial charge >= 0.3 is 0 Å². The molecule has 3 nitrogen and oxygen atoms in total. The molecule has 1 atom stereocenters. The highest BCUT2D eigenvalue weighted by atomic mass is 32.1. The largest absolute Gasteiger partial charge is 0.296 e. The molecule has 1 fully saturated rings. The van der Waals surface area contributed by atoms with E-state index in [1.165, 1.54) is 0 Å². The summed E-state index contributed by atoms with van der Waals surface area (Å²) in [5, 5.41) is 0. The maximum Gasteiger partial charge on any atom is 0.228 e. The standard InChI is InChI=1S/C12H16N2OS/c1-2-10-4-3-5-11(13-10)14-7-9(8-16)6-12(14)15/h3-5,9,16H,2,6-8H2,1H3. The molecule has 0 N–H and O–H groups in total. The van der Waals surface area contributed by atoms with Gasteiger partial charge in [0.1, 0.15) is 5.82 Å². The Morgan fingerprint density at radius 2 is 2.38 bits per heavy atom. The Morgan fingerprint density at radius 1 is 1.56 bits per heavy atom. The van der Waals surface area contributed by atoms with Crippen LogP contribution in [0.3, 0.4) is 0 Å². The molecule has 2 rings (SSSR count). The second kappa shape index (κ2) is 4.87. The van der Waals surface area contributed by atoms with Crippen molar-refractivity contribution in [2.75, 3.05) is 17.2 Å². The fourth-order valence-corrected chi connectivity index (χ4v) is 2.18. The van der Waals surface area contributed by atoms with Crippen molar-refractivity contribution in [3.63, 3.8) is 0 Å². The molecule has 0 saturated carbocycles. The third-order valence-electron chi connectivity index (χ3n) is 2.89. The van der Waals surface area contributed by atoms with Gasteiger partial charge in [-0.05, 0) is 30.2 Å². The number of amides is 1. The van der Waals surface area contributed by atoms with Crippen LogP contribution in [0.25, 0.3) is 0 Å². The first-order valence-corrected chi connectivity index (χ1v) is 6.25. The number of rotatable bonds is 3. The summed E-state index contributed by atoms with van der Waals surface area (Å²) < 4.78 is 0. The molecule has 1 aromatic rings. The highest BCUT2D eigenvalue weighted by molar-refractivity contribution is 7.80. The van der Waals surface area contributed by atoms with Gasteiger partial charge in [0, 0.05) is 18.7 Å². The maximum atomic E-state index is 11.8. The van der Waals surface area contributed by atoms with E-state index in [0.29, 0.717) is 12.3 Å². The Morgan fingerprint density at radius 3 is 3.00 bits per heavy atom. The number of nitrogens with zero attached hydrogens (tertiary/aromatic N) is 2. The highest BCUT2D eigenvalue weighted by Gasteiger charge is 2.30. The molecule has 4 heteroatoms. The molecular formula is C12H16N2OS. The first-order chi connectivity index (χ1) is 7.74. The minimum absolute atomic E-state index is 0.166. The average molecular weight is 236 g/mol. The van der Waals surface area contributed by atoms with Crippen molar-refractivity contribution >= 4 is 24.4 Å². The summed E-state index contributed by atoms with van der Waals surface area (Å²) in [6, 6.07) is 5.85. The Hall–Kier alpha value is -1.03. The van der Waals surface area contributed by atoms with E-state index in [4.69, 9.17) is 0 Å². The smallest absolute Gasteiger partial charge is 0.228 e. The van der Waals surface area contributed by atoms with Crippen molar-refractivity contribution in [1.29, 1.82) is 0 Å². The summed E-state index contributed by atoms with van der Waals surface area (Å²) in [5.74, 6) is 2.08. The number of anilines is 1. The minimum Gasteiger partial charge on any atom is -0.296 e. The van der Waals surface area contributed by atoms with E-state index in [-0.39, 0.29) is 5.91 Å². The predicted molar refractivity (Wildman–Crippen MR) is 67.9 cm³/mol. The van der Waals surface area contributed by atoms with Gasteiger partial charge < -0.3 is 0 Å². The van der Waals surface area contributed by atoms with E-state index in [1.54, 1.807) is 4.90 Å². The van der Waals surface area contributed by atoms with E-state index in [1.807, 2.05) is 18.2 Å². The zero-order valence-corrected chi connectivity index (χ0v) is 10.3. The van der Waals surface area contributed by atoms with E-state index in [2.05, 4.69) is 24.5 Å². The topological polar surface area (TPSA) is 33.2 Å². The molecule has 86 valence electrons. The van der Waals surface area contributed by atoms with Crippen molar-refractivity contribution in [2.45, 2.75) is 19.8 Å². The molecule has 1 aliphatic heterocycles. The molecule has 0 spiro atoms. The second-order valence-corrected chi connectivity index (χ2v) is 4.46.